The molecule has 1 amide bonds. The predicted molar refractivity (Wildman–Crippen MR) is 220 cm³/mol. The monoisotopic (exact) mass is 801 g/mol. The molecule has 1 atom stereocenters. The van der Waals surface area contributed by atoms with Crippen LogP contribution in [-0.4, -0.2) is 71.4 Å². The normalized spacial score (nSPS) is 15.7. The smallest absolute Gasteiger partial charge is 0.338 e. The molecule has 3 aromatic carbocycles. The van der Waals surface area contributed by atoms with E-state index in [4.69, 9.17) is 44.7 Å². The lowest BCUT2D eigenvalue weighted by Crippen LogP contribution is -2.41. The van der Waals surface area contributed by atoms with Crippen LogP contribution >= 0.6 is 11.6 Å². The second kappa shape index (κ2) is 18.2. The average Bonchev–Trinajstić information content (AvgIpc) is 3.14. The van der Waals surface area contributed by atoms with Crippen LogP contribution in [0.15, 0.2) is 66.7 Å². The summed E-state index contributed by atoms with van der Waals surface area (Å²) in [5.41, 5.74) is 6.53. The number of anilines is 2. The van der Waals surface area contributed by atoms with Crippen molar-refractivity contribution >= 4 is 43.2 Å². The Hall–Kier alpha value is -4.46. The maximum atomic E-state index is 14.1. The molecule has 1 aromatic heterocycles. The van der Waals surface area contributed by atoms with E-state index < -0.39 is 14.3 Å². The summed E-state index contributed by atoms with van der Waals surface area (Å²) in [6.45, 7) is 13.7. The lowest BCUT2D eigenvalue weighted by atomic mass is 9.99. The first-order valence-electron chi connectivity index (χ1n) is 19.0. The van der Waals surface area contributed by atoms with Crippen LogP contribution in [0.3, 0.4) is 0 Å². The average molecular weight is 802 g/mol. The summed E-state index contributed by atoms with van der Waals surface area (Å²) in [5, 5.41) is 7.17. The van der Waals surface area contributed by atoms with Gasteiger partial charge in [-0.1, -0.05) is 56.6 Å². The third-order valence-corrected chi connectivity index (χ3v) is 15.4. The Morgan fingerprint density at radius 2 is 1.79 bits per heavy atom. The van der Waals surface area contributed by atoms with Crippen molar-refractivity contribution in [3.63, 3.8) is 0 Å². The SMILES string of the molecule is COC(=O)c1cc(NC[C@@H]2CCO2)c(NC(=O)Cc2ccc3cc2COCCc2cc(Cl)ccc2COc2cccc-3n2)c(OCCO[Si-](C)(C)C(C)(C)C)c1. The van der Waals surface area contributed by atoms with E-state index in [0.717, 1.165) is 39.9 Å². The van der Waals surface area contributed by atoms with Gasteiger partial charge in [-0.2, -0.15) is 0 Å². The largest absolute Gasteiger partial charge is 0.562 e. The summed E-state index contributed by atoms with van der Waals surface area (Å²) in [4.78, 5) is 31.7. The molecule has 1 fully saturated rings. The highest BCUT2D eigenvalue weighted by molar-refractivity contribution is 6.74. The van der Waals surface area contributed by atoms with Crippen molar-refractivity contribution in [1.82, 2.24) is 4.98 Å². The standard InChI is InChI=1S/C43H52ClN3O8Si/c1-43(2,3)56(5,6)55-19-18-53-38-23-32(42(49)50-4)22-37(45-25-35-15-17-52-35)41(38)47-39(48)24-28-10-11-30-20-33(28)26-51-16-14-29-21-34(44)13-12-31(29)27-54-40-9-7-8-36(30)46-40/h7-13,20-23,35,45H,14-19,24-27H2,1-6H3,(H,47,48)/q-1/t35-/m0/s1. The third-order valence-electron chi connectivity index (χ3n) is 10.6. The molecule has 299 valence electrons. The lowest BCUT2D eigenvalue weighted by molar-refractivity contribution is -0.115. The number of carbonyl (C=O) groups is 2. The van der Waals surface area contributed by atoms with Crippen LogP contribution < -0.4 is 20.1 Å². The number of fused-ring (bicyclic) bond motifs is 6. The van der Waals surface area contributed by atoms with E-state index in [-0.39, 0.29) is 42.2 Å². The number of esters is 1. The molecule has 0 spiro atoms. The summed E-state index contributed by atoms with van der Waals surface area (Å²) in [6.07, 6.45) is 1.61. The number of pyridine rings is 1. The minimum absolute atomic E-state index is 0.0185. The van der Waals surface area contributed by atoms with Crippen LogP contribution in [0.1, 0.15) is 59.8 Å². The lowest BCUT2D eigenvalue weighted by Gasteiger charge is -2.48. The van der Waals surface area contributed by atoms with E-state index in [1.807, 2.05) is 54.6 Å². The molecule has 11 nitrogen and oxygen atoms in total. The van der Waals surface area contributed by atoms with Gasteiger partial charge in [-0.15, -0.1) is 18.1 Å². The Labute approximate surface area is 335 Å². The predicted octanol–water partition coefficient (Wildman–Crippen LogP) is 8.62. The fraction of sp³-hybridized carbons (Fsp3) is 0.419. The van der Waals surface area contributed by atoms with Crippen LogP contribution in [0, 0.1) is 0 Å². The molecule has 6 rings (SSSR count). The molecule has 0 radical (unpaired) electrons. The molecule has 4 aromatic rings. The van der Waals surface area contributed by atoms with Gasteiger partial charge in [-0.3, -0.25) is 4.79 Å². The van der Waals surface area contributed by atoms with Crippen LogP contribution in [-0.2, 0) is 49.5 Å². The summed E-state index contributed by atoms with van der Waals surface area (Å²) in [5.74, 6) is 0.0347. The number of aromatic nitrogens is 1. The Morgan fingerprint density at radius 3 is 2.54 bits per heavy atom. The minimum Gasteiger partial charge on any atom is -0.562 e. The number of nitrogens with one attached hydrogen (secondary N) is 2. The number of rotatable bonds is 12. The number of hydrogen-bond donors (Lipinski definition) is 2. The molecule has 0 aliphatic carbocycles. The van der Waals surface area contributed by atoms with E-state index in [0.29, 0.717) is 67.4 Å². The van der Waals surface area contributed by atoms with Crippen molar-refractivity contribution in [1.29, 1.82) is 0 Å². The molecule has 2 aliphatic heterocycles. The van der Waals surface area contributed by atoms with Crippen LogP contribution in [0.2, 0.25) is 23.2 Å². The Balaban J connectivity index is 1.26. The Morgan fingerprint density at radius 1 is 0.964 bits per heavy atom. The molecule has 2 aliphatic rings. The molecule has 56 heavy (non-hydrogen) atoms. The number of carbonyl (C=O) groups excluding carboxylic acids is 2. The molecule has 4 bridgehead atoms. The summed E-state index contributed by atoms with van der Waals surface area (Å²) < 4.78 is 35.7. The highest BCUT2D eigenvalue weighted by atomic mass is 35.5. The number of methoxy groups -OCH3 is 1. The number of nitrogens with zero attached hydrogens (tertiary/aromatic N) is 1. The van der Waals surface area contributed by atoms with Crippen molar-refractivity contribution in [2.45, 2.75) is 77.5 Å². The van der Waals surface area contributed by atoms with E-state index in [2.05, 4.69) is 44.5 Å². The molecule has 1 saturated heterocycles. The summed E-state index contributed by atoms with van der Waals surface area (Å²) in [6, 6.07) is 20.6. The molecular weight excluding hydrogens is 750 g/mol. The van der Waals surface area contributed by atoms with Gasteiger partial charge in [0.25, 0.3) is 0 Å². The Bertz CT molecular complexity index is 2030. The van der Waals surface area contributed by atoms with Crippen molar-refractivity contribution in [2.75, 3.05) is 50.7 Å². The van der Waals surface area contributed by atoms with Crippen molar-refractivity contribution < 1.29 is 37.7 Å². The van der Waals surface area contributed by atoms with Gasteiger partial charge in [0.05, 0.1) is 49.8 Å². The van der Waals surface area contributed by atoms with Crippen molar-refractivity contribution in [2.24, 2.45) is 0 Å². The van der Waals surface area contributed by atoms with Gasteiger partial charge in [0.15, 0.2) is 0 Å². The Kier molecular flexibility index (Phi) is 13.4. The molecule has 3 heterocycles. The maximum Gasteiger partial charge on any atom is 0.338 e. The highest BCUT2D eigenvalue weighted by Gasteiger charge is 2.26. The van der Waals surface area contributed by atoms with Gasteiger partial charge < -0.3 is 38.7 Å². The van der Waals surface area contributed by atoms with Gasteiger partial charge in [-0.05, 0) is 79.8 Å². The number of hydrogen-bond acceptors (Lipinski definition) is 10. The molecule has 13 heteroatoms. The highest BCUT2D eigenvalue weighted by Crippen LogP contribution is 2.38. The van der Waals surface area contributed by atoms with E-state index in [1.54, 1.807) is 12.1 Å². The number of ether oxygens (including phenoxy) is 5. The van der Waals surface area contributed by atoms with Gasteiger partial charge in [0.2, 0.25) is 11.8 Å². The molecular formula is C43H52ClN3O8Si-. The van der Waals surface area contributed by atoms with Gasteiger partial charge in [0, 0.05) is 36.4 Å². The summed E-state index contributed by atoms with van der Waals surface area (Å²) >= 11 is 6.35. The quantitative estimate of drug-likeness (QED) is 0.0817. The topological polar surface area (TPSA) is 126 Å². The second-order valence-electron chi connectivity index (χ2n) is 15.6. The first kappa shape index (κ1) is 41.2. The number of amides is 1. The van der Waals surface area contributed by atoms with Gasteiger partial charge >= 0.3 is 5.97 Å². The van der Waals surface area contributed by atoms with E-state index in [9.17, 15) is 9.59 Å². The maximum absolute atomic E-state index is 14.1. The number of benzene rings is 3. The van der Waals surface area contributed by atoms with Crippen molar-refractivity contribution in [3.05, 3.63) is 99.6 Å². The first-order chi connectivity index (χ1) is 26.8. The first-order valence-corrected chi connectivity index (χ1v) is 22.3. The van der Waals surface area contributed by atoms with Crippen molar-refractivity contribution in [3.8, 4) is 22.9 Å². The van der Waals surface area contributed by atoms with Crippen LogP contribution in [0.5, 0.6) is 11.6 Å². The van der Waals surface area contributed by atoms with E-state index in [1.165, 1.54) is 7.11 Å². The summed E-state index contributed by atoms with van der Waals surface area (Å²) in [7, 11) is -0.705. The van der Waals surface area contributed by atoms with Crippen LogP contribution in [0.25, 0.3) is 11.3 Å². The van der Waals surface area contributed by atoms with Crippen LogP contribution in [0.4, 0.5) is 11.4 Å². The zero-order valence-corrected chi connectivity index (χ0v) is 34.8. The van der Waals surface area contributed by atoms with Gasteiger partial charge in [0.1, 0.15) is 24.7 Å². The fourth-order valence-corrected chi connectivity index (χ4v) is 7.38. The fourth-order valence-electron chi connectivity index (χ4n) is 6.16. The number of halogens is 1. The second-order valence-corrected chi connectivity index (χ2v) is 20.8. The molecule has 0 saturated carbocycles. The van der Waals surface area contributed by atoms with Gasteiger partial charge in [-0.25, -0.2) is 9.78 Å². The zero-order chi connectivity index (χ0) is 39.9. The molecule has 0 unspecified atom stereocenters. The minimum atomic E-state index is -2.04. The zero-order valence-electron chi connectivity index (χ0n) is 33.1. The van der Waals surface area contributed by atoms with E-state index >= 15 is 0 Å². The molecule has 2 N–H and O–H groups in total. The third kappa shape index (κ3) is 10.5.